The van der Waals surface area contributed by atoms with Crippen LogP contribution in [0.5, 0.6) is 0 Å². The summed E-state index contributed by atoms with van der Waals surface area (Å²) in [6.45, 7) is 4.34. The van der Waals surface area contributed by atoms with Crippen LogP contribution in [-0.2, 0) is 0 Å². The molecule has 5 aromatic carbocycles. The van der Waals surface area contributed by atoms with E-state index in [0.717, 1.165) is 5.52 Å². The predicted octanol–water partition coefficient (Wildman–Crippen LogP) is 8.49. The zero-order valence-electron chi connectivity index (χ0n) is 18.3. The van der Waals surface area contributed by atoms with Crippen molar-refractivity contribution in [1.29, 1.82) is 0 Å². The lowest BCUT2D eigenvalue weighted by Crippen LogP contribution is -1.94. The molecule has 0 aliphatic rings. The van der Waals surface area contributed by atoms with Gasteiger partial charge in [0.25, 0.3) is 0 Å². The van der Waals surface area contributed by atoms with Gasteiger partial charge >= 0.3 is 0 Å². The van der Waals surface area contributed by atoms with Gasteiger partial charge < -0.3 is 0 Å². The fraction of sp³-hybridized carbons (Fsp3) is 0.0645. The number of aryl methyl sites for hydroxylation is 2. The fourth-order valence-electron chi connectivity index (χ4n) is 5.14. The van der Waals surface area contributed by atoms with E-state index in [0.29, 0.717) is 0 Å². The first kappa shape index (κ1) is 18.8. The third-order valence-corrected chi connectivity index (χ3v) is 6.35. The molecule has 0 aliphatic carbocycles. The highest BCUT2D eigenvalue weighted by atomic mass is 14.7. The van der Waals surface area contributed by atoms with E-state index in [-0.39, 0.29) is 0 Å². The van der Waals surface area contributed by atoms with Gasteiger partial charge in [-0.15, -0.1) is 0 Å². The number of pyridine rings is 1. The van der Waals surface area contributed by atoms with Crippen LogP contribution in [0.1, 0.15) is 11.1 Å². The van der Waals surface area contributed by atoms with Crippen LogP contribution in [0.4, 0.5) is 0 Å². The van der Waals surface area contributed by atoms with Gasteiger partial charge in [-0.1, -0.05) is 102 Å². The standard InChI is InChI=1S/C31H23N/c1-20-17-21(2)19-23(18-20)29-26-12-5-6-13-27(26)30(31-28(29)15-8-16-32-31)25-14-7-10-22-9-3-4-11-24(22)25/h3-19H,1-2H3. The lowest BCUT2D eigenvalue weighted by atomic mass is 9.86. The molecule has 0 unspecified atom stereocenters. The maximum atomic E-state index is 4.95. The highest BCUT2D eigenvalue weighted by Gasteiger charge is 2.18. The minimum Gasteiger partial charge on any atom is -0.256 e. The summed E-state index contributed by atoms with van der Waals surface area (Å²) in [6.07, 6.45) is 1.91. The largest absolute Gasteiger partial charge is 0.256 e. The first-order valence-electron chi connectivity index (χ1n) is 11.1. The van der Waals surface area contributed by atoms with Crippen LogP contribution in [-0.4, -0.2) is 4.98 Å². The average molecular weight is 410 g/mol. The third-order valence-electron chi connectivity index (χ3n) is 6.35. The van der Waals surface area contributed by atoms with Gasteiger partial charge in [0.2, 0.25) is 0 Å². The number of hydrogen-bond donors (Lipinski definition) is 0. The van der Waals surface area contributed by atoms with Crippen molar-refractivity contribution in [2.24, 2.45) is 0 Å². The van der Waals surface area contributed by atoms with E-state index < -0.39 is 0 Å². The van der Waals surface area contributed by atoms with Crippen molar-refractivity contribution in [2.45, 2.75) is 13.8 Å². The summed E-state index contributed by atoms with van der Waals surface area (Å²) < 4.78 is 0. The van der Waals surface area contributed by atoms with Crippen molar-refractivity contribution in [3.63, 3.8) is 0 Å². The van der Waals surface area contributed by atoms with Gasteiger partial charge in [-0.05, 0) is 58.1 Å². The van der Waals surface area contributed by atoms with E-state index in [9.17, 15) is 0 Å². The summed E-state index contributed by atoms with van der Waals surface area (Å²) in [5.41, 5.74) is 8.56. The molecular formula is C31H23N. The van der Waals surface area contributed by atoms with Gasteiger partial charge in [-0.25, -0.2) is 0 Å². The molecule has 1 heteroatoms. The molecule has 0 radical (unpaired) electrons. The van der Waals surface area contributed by atoms with E-state index >= 15 is 0 Å². The normalized spacial score (nSPS) is 11.4. The topological polar surface area (TPSA) is 12.9 Å². The molecule has 0 spiro atoms. The molecule has 1 heterocycles. The Kier molecular flexibility index (Phi) is 4.29. The number of hydrogen-bond acceptors (Lipinski definition) is 1. The van der Waals surface area contributed by atoms with Gasteiger partial charge in [-0.3, -0.25) is 4.98 Å². The summed E-state index contributed by atoms with van der Waals surface area (Å²) in [4.78, 5) is 4.95. The Morgan fingerprint density at radius 3 is 1.94 bits per heavy atom. The van der Waals surface area contributed by atoms with E-state index in [1.807, 2.05) is 6.20 Å². The fourth-order valence-corrected chi connectivity index (χ4v) is 5.14. The average Bonchev–Trinajstić information content (AvgIpc) is 2.81. The molecule has 0 aliphatic heterocycles. The van der Waals surface area contributed by atoms with Gasteiger partial charge in [0, 0.05) is 17.1 Å². The molecule has 32 heavy (non-hydrogen) atoms. The summed E-state index contributed by atoms with van der Waals surface area (Å²) in [5.74, 6) is 0. The SMILES string of the molecule is Cc1cc(C)cc(-c2c3ccccc3c(-c3cccc4ccccc34)c3ncccc23)c1. The van der Waals surface area contributed by atoms with E-state index in [1.54, 1.807) is 0 Å². The van der Waals surface area contributed by atoms with Crippen LogP contribution in [0.2, 0.25) is 0 Å². The maximum absolute atomic E-state index is 4.95. The van der Waals surface area contributed by atoms with Gasteiger partial charge in [0.05, 0.1) is 5.52 Å². The summed E-state index contributed by atoms with van der Waals surface area (Å²) in [7, 11) is 0. The van der Waals surface area contributed by atoms with Crippen LogP contribution < -0.4 is 0 Å². The molecule has 0 amide bonds. The summed E-state index contributed by atoms with van der Waals surface area (Å²) in [5, 5.41) is 6.20. The Hall–Kier alpha value is -3.97. The zero-order valence-corrected chi connectivity index (χ0v) is 18.3. The van der Waals surface area contributed by atoms with Crippen molar-refractivity contribution >= 4 is 32.4 Å². The predicted molar refractivity (Wildman–Crippen MR) is 137 cm³/mol. The van der Waals surface area contributed by atoms with Crippen LogP contribution in [0.3, 0.4) is 0 Å². The van der Waals surface area contributed by atoms with Crippen molar-refractivity contribution in [3.8, 4) is 22.3 Å². The Bertz CT molecular complexity index is 1560. The Labute approximate surface area is 188 Å². The highest BCUT2D eigenvalue weighted by Crippen LogP contribution is 2.44. The lowest BCUT2D eigenvalue weighted by molar-refractivity contribution is 1.38. The third kappa shape index (κ3) is 2.90. The molecule has 0 fully saturated rings. The van der Waals surface area contributed by atoms with Crippen molar-refractivity contribution in [2.75, 3.05) is 0 Å². The number of rotatable bonds is 2. The molecule has 1 aromatic heterocycles. The second kappa shape index (κ2) is 7.32. The molecular weight excluding hydrogens is 386 g/mol. The zero-order chi connectivity index (χ0) is 21.7. The molecule has 0 atom stereocenters. The minimum atomic E-state index is 1.05. The Morgan fingerprint density at radius 2 is 1.16 bits per heavy atom. The Morgan fingerprint density at radius 1 is 0.531 bits per heavy atom. The number of aromatic nitrogens is 1. The first-order chi connectivity index (χ1) is 15.7. The van der Waals surface area contributed by atoms with Crippen LogP contribution >= 0.6 is 0 Å². The molecule has 0 bridgehead atoms. The van der Waals surface area contributed by atoms with Crippen LogP contribution in [0, 0.1) is 13.8 Å². The molecule has 1 nitrogen and oxygen atoms in total. The van der Waals surface area contributed by atoms with Gasteiger partial charge in [0.1, 0.15) is 0 Å². The molecule has 6 aromatic rings. The van der Waals surface area contributed by atoms with Crippen molar-refractivity contribution in [1.82, 2.24) is 4.98 Å². The molecule has 6 rings (SSSR count). The second-order valence-electron chi connectivity index (χ2n) is 8.60. The van der Waals surface area contributed by atoms with Crippen LogP contribution in [0.25, 0.3) is 54.7 Å². The molecule has 0 N–H and O–H groups in total. The minimum absolute atomic E-state index is 1.05. The Balaban J connectivity index is 1.83. The highest BCUT2D eigenvalue weighted by molar-refractivity contribution is 6.22. The van der Waals surface area contributed by atoms with E-state index in [2.05, 4.69) is 111 Å². The smallest absolute Gasteiger partial charge is 0.0793 e. The number of benzene rings is 5. The van der Waals surface area contributed by atoms with E-state index in [4.69, 9.17) is 4.98 Å². The molecule has 152 valence electrons. The van der Waals surface area contributed by atoms with Crippen molar-refractivity contribution in [3.05, 3.63) is 114 Å². The van der Waals surface area contributed by atoms with E-state index in [1.165, 1.54) is 60.3 Å². The first-order valence-corrected chi connectivity index (χ1v) is 11.1. The number of nitrogens with zero attached hydrogens (tertiary/aromatic N) is 1. The summed E-state index contributed by atoms with van der Waals surface area (Å²) >= 11 is 0. The maximum Gasteiger partial charge on any atom is 0.0793 e. The lowest BCUT2D eigenvalue weighted by Gasteiger charge is -2.18. The van der Waals surface area contributed by atoms with Gasteiger partial charge in [-0.2, -0.15) is 0 Å². The number of fused-ring (bicyclic) bond motifs is 3. The monoisotopic (exact) mass is 409 g/mol. The quantitative estimate of drug-likeness (QED) is 0.261. The van der Waals surface area contributed by atoms with Crippen LogP contribution in [0.15, 0.2) is 103 Å². The summed E-state index contributed by atoms with van der Waals surface area (Å²) in [6, 6.07) is 35.0. The molecule has 0 saturated heterocycles. The molecule has 0 saturated carbocycles. The second-order valence-corrected chi connectivity index (χ2v) is 8.60. The van der Waals surface area contributed by atoms with Gasteiger partial charge in [0.15, 0.2) is 0 Å². The van der Waals surface area contributed by atoms with Crippen molar-refractivity contribution < 1.29 is 0 Å².